The number of nitrogens with one attached hydrogen (secondary N) is 1. The molecule has 0 aromatic heterocycles. The van der Waals surface area contributed by atoms with Crippen LogP contribution in [0.5, 0.6) is 0 Å². The lowest BCUT2D eigenvalue weighted by atomic mass is 9.94. The fraction of sp³-hybridized carbons (Fsp3) is 0.769. The Balaban J connectivity index is 2.07. The largest absolute Gasteiger partial charge is 0.481 e. The summed E-state index contributed by atoms with van der Waals surface area (Å²) in [6.07, 6.45) is 2.10. The zero-order valence-corrected chi connectivity index (χ0v) is 11.1. The van der Waals surface area contributed by atoms with Crippen molar-refractivity contribution in [2.75, 3.05) is 19.6 Å². The Labute approximate surface area is 112 Å². The molecule has 0 bridgehead atoms. The van der Waals surface area contributed by atoms with Crippen LogP contribution >= 0.6 is 0 Å². The van der Waals surface area contributed by atoms with Crippen LogP contribution in [0.15, 0.2) is 0 Å². The molecule has 0 aromatic rings. The predicted octanol–water partition coefficient (Wildman–Crippen LogP) is 0.0818. The first-order chi connectivity index (χ1) is 9.02. The minimum absolute atomic E-state index is 0.0540. The molecule has 2 aliphatic rings. The van der Waals surface area contributed by atoms with Crippen molar-refractivity contribution >= 4 is 17.8 Å². The van der Waals surface area contributed by atoms with Crippen molar-refractivity contribution < 1.29 is 19.5 Å². The number of amides is 2. The Morgan fingerprint density at radius 1 is 1.37 bits per heavy atom. The molecule has 1 saturated heterocycles. The van der Waals surface area contributed by atoms with E-state index < -0.39 is 17.8 Å². The van der Waals surface area contributed by atoms with Crippen LogP contribution in [0.4, 0.5) is 0 Å². The molecule has 106 valence electrons. The Kier molecular flexibility index (Phi) is 4.07. The molecule has 1 saturated carbocycles. The van der Waals surface area contributed by atoms with Gasteiger partial charge in [-0.2, -0.15) is 0 Å². The predicted molar refractivity (Wildman–Crippen MR) is 67.2 cm³/mol. The maximum atomic E-state index is 12.4. The van der Waals surface area contributed by atoms with Crippen LogP contribution in [0.3, 0.4) is 0 Å². The fourth-order valence-electron chi connectivity index (χ4n) is 3.08. The van der Waals surface area contributed by atoms with Crippen LogP contribution in [0, 0.1) is 17.8 Å². The molecule has 3 unspecified atom stereocenters. The van der Waals surface area contributed by atoms with Crippen molar-refractivity contribution in [1.29, 1.82) is 0 Å². The van der Waals surface area contributed by atoms with Gasteiger partial charge in [-0.1, -0.05) is 13.3 Å². The molecular formula is C13H20N2O4. The molecule has 6 nitrogen and oxygen atoms in total. The van der Waals surface area contributed by atoms with Crippen LogP contribution in [0.2, 0.25) is 0 Å². The maximum absolute atomic E-state index is 12.4. The van der Waals surface area contributed by atoms with Gasteiger partial charge >= 0.3 is 5.97 Å². The van der Waals surface area contributed by atoms with Gasteiger partial charge in [0.15, 0.2) is 0 Å². The van der Waals surface area contributed by atoms with Crippen molar-refractivity contribution in [2.45, 2.75) is 26.2 Å². The van der Waals surface area contributed by atoms with E-state index in [0.717, 1.165) is 6.42 Å². The molecule has 6 heteroatoms. The summed E-state index contributed by atoms with van der Waals surface area (Å²) in [5, 5.41) is 11.9. The van der Waals surface area contributed by atoms with E-state index in [1.54, 1.807) is 0 Å². The normalized spacial score (nSPS) is 31.1. The first-order valence-electron chi connectivity index (χ1n) is 6.81. The number of carboxylic acids is 1. The number of hydrogen-bond acceptors (Lipinski definition) is 3. The van der Waals surface area contributed by atoms with Crippen molar-refractivity contribution in [3.63, 3.8) is 0 Å². The van der Waals surface area contributed by atoms with E-state index in [1.807, 2.05) is 6.92 Å². The molecule has 3 atom stereocenters. The van der Waals surface area contributed by atoms with Crippen LogP contribution < -0.4 is 5.32 Å². The van der Waals surface area contributed by atoms with Crippen LogP contribution in [-0.4, -0.2) is 47.4 Å². The van der Waals surface area contributed by atoms with Gasteiger partial charge in [-0.25, -0.2) is 0 Å². The summed E-state index contributed by atoms with van der Waals surface area (Å²) in [6, 6.07) is 0. The molecule has 0 spiro atoms. The number of rotatable bonds is 3. The van der Waals surface area contributed by atoms with Crippen LogP contribution in [-0.2, 0) is 14.4 Å². The minimum atomic E-state index is -0.893. The molecule has 2 N–H and O–H groups in total. The Hall–Kier alpha value is -1.59. The summed E-state index contributed by atoms with van der Waals surface area (Å²) in [5.41, 5.74) is 0. The molecule has 2 fully saturated rings. The molecule has 1 heterocycles. The fourth-order valence-corrected chi connectivity index (χ4v) is 3.08. The number of carbonyl (C=O) groups is 3. The van der Waals surface area contributed by atoms with Gasteiger partial charge in [0.1, 0.15) is 0 Å². The van der Waals surface area contributed by atoms with Crippen molar-refractivity contribution in [2.24, 2.45) is 17.8 Å². The topological polar surface area (TPSA) is 86.7 Å². The van der Waals surface area contributed by atoms with E-state index in [2.05, 4.69) is 5.32 Å². The summed E-state index contributed by atoms with van der Waals surface area (Å²) in [7, 11) is 0. The van der Waals surface area contributed by atoms with E-state index in [0.29, 0.717) is 31.8 Å². The number of nitrogens with zero attached hydrogens (tertiary/aromatic N) is 1. The smallest absolute Gasteiger partial charge is 0.307 e. The van der Waals surface area contributed by atoms with Gasteiger partial charge in [0, 0.05) is 13.1 Å². The molecule has 19 heavy (non-hydrogen) atoms. The SMILES string of the molecule is CCC1CC(C(=O)O)C(C(=O)N2CCNC(=O)C2)C1. The average molecular weight is 268 g/mol. The van der Waals surface area contributed by atoms with Gasteiger partial charge in [-0.05, 0) is 18.8 Å². The second-order valence-corrected chi connectivity index (χ2v) is 5.41. The summed E-state index contributed by atoms with van der Waals surface area (Å²) < 4.78 is 0. The number of aliphatic carboxylic acids is 1. The van der Waals surface area contributed by atoms with Gasteiger partial charge < -0.3 is 15.3 Å². The Morgan fingerprint density at radius 3 is 2.63 bits per heavy atom. The lowest BCUT2D eigenvalue weighted by Crippen LogP contribution is -2.52. The highest BCUT2D eigenvalue weighted by molar-refractivity contribution is 5.89. The second-order valence-electron chi connectivity index (χ2n) is 5.41. The third-order valence-corrected chi connectivity index (χ3v) is 4.22. The van der Waals surface area contributed by atoms with Crippen molar-refractivity contribution in [3.8, 4) is 0 Å². The van der Waals surface area contributed by atoms with Crippen molar-refractivity contribution in [1.82, 2.24) is 10.2 Å². The minimum Gasteiger partial charge on any atom is -0.481 e. The van der Waals surface area contributed by atoms with E-state index in [-0.39, 0.29) is 18.4 Å². The second kappa shape index (κ2) is 5.59. The monoisotopic (exact) mass is 268 g/mol. The Morgan fingerprint density at radius 2 is 2.05 bits per heavy atom. The lowest BCUT2D eigenvalue weighted by Gasteiger charge is -2.30. The Bertz CT molecular complexity index is 396. The zero-order valence-electron chi connectivity index (χ0n) is 11.1. The van der Waals surface area contributed by atoms with Gasteiger partial charge in [0.05, 0.1) is 18.4 Å². The third kappa shape index (κ3) is 2.88. The summed E-state index contributed by atoms with van der Waals surface area (Å²) in [4.78, 5) is 36.5. The standard InChI is InChI=1S/C13H20N2O4/c1-2-8-5-9(10(6-8)13(18)19)12(17)15-4-3-14-11(16)7-15/h8-10H,2-7H2,1H3,(H,14,16)(H,18,19). The molecule has 2 amide bonds. The highest BCUT2D eigenvalue weighted by atomic mass is 16.4. The van der Waals surface area contributed by atoms with Gasteiger partial charge in [0.2, 0.25) is 11.8 Å². The quantitative estimate of drug-likeness (QED) is 0.759. The lowest BCUT2D eigenvalue weighted by molar-refractivity contribution is -0.150. The number of piperazine rings is 1. The van der Waals surface area contributed by atoms with Gasteiger partial charge in [-0.15, -0.1) is 0 Å². The molecule has 1 aliphatic heterocycles. The summed E-state index contributed by atoms with van der Waals surface area (Å²) in [6.45, 7) is 3.00. The third-order valence-electron chi connectivity index (χ3n) is 4.22. The number of hydrogen-bond donors (Lipinski definition) is 2. The van der Waals surface area contributed by atoms with E-state index in [4.69, 9.17) is 0 Å². The van der Waals surface area contributed by atoms with E-state index in [1.165, 1.54) is 4.90 Å². The molecule has 2 rings (SSSR count). The maximum Gasteiger partial charge on any atom is 0.307 e. The highest BCUT2D eigenvalue weighted by Crippen LogP contribution is 2.39. The molecule has 0 radical (unpaired) electrons. The van der Waals surface area contributed by atoms with E-state index >= 15 is 0 Å². The van der Waals surface area contributed by atoms with Crippen LogP contribution in [0.1, 0.15) is 26.2 Å². The molecule has 1 aliphatic carbocycles. The molecule has 0 aromatic carbocycles. The molecular weight excluding hydrogens is 248 g/mol. The number of carbonyl (C=O) groups excluding carboxylic acids is 2. The highest BCUT2D eigenvalue weighted by Gasteiger charge is 2.44. The number of carboxylic acid groups (broad SMARTS) is 1. The average Bonchev–Trinajstić information content (AvgIpc) is 2.82. The van der Waals surface area contributed by atoms with Gasteiger partial charge in [-0.3, -0.25) is 14.4 Å². The summed E-state index contributed by atoms with van der Waals surface area (Å²) in [5.74, 6) is -1.99. The van der Waals surface area contributed by atoms with Gasteiger partial charge in [0.25, 0.3) is 0 Å². The van der Waals surface area contributed by atoms with Crippen molar-refractivity contribution in [3.05, 3.63) is 0 Å². The van der Waals surface area contributed by atoms with Crippen LogP contribution in [0.25, 0.3) is 0 Å². The van der Waals surface area contributed by atoms with E-state index in [9.17, 15) is 19.5 Å². The zero-order chi connectivity index (χ0) is 14.0. The summed E-state index contributed by atoms with van der Waals surface area (Å²) >= 11 is 0. The first kappa shape index (κ1) is 13.8. The first-order valence-corrected chi connectivity index (χ1v) is 6.81.